The number of rotatable bonds is 5. The van der Waals surface area contributed by atoms with Crippen molar-refractivity contribution >= 4 is 17.5 Å². The van der Waals surface area contributed by atoms with Gasteiger partial charge < -0.3 is 9.32 Å². The van der Waals surface area contributed by atoms with Gasteiger partial charge in [0, 0.05) is 19.2 Å². The number of furan rings is 1. The second kappa shape index (κ2) is 6.93. The molecule has 2 heterocycles. The molecule has 2 aromatic heterocycles. The van der Waals surface area contributed by atoms with Crippen molar-refractivity contribution in [3.8, 4) is 17.1 Å². The third-order valence-electron chi connectivity index (χ3n) is 3.83. The maximum absolute atomic E-state index is 12.9. The van der Waals surface area contributed by atoms with Crippen molar-refractivity contribution in [1.29, 1.82) is 0 Å². The van der Waals surface area contributed by atoms with Gasteiger partial charge in [-0.2, -0.15) is 5.10 Å². The lowest BCUT2D eigenvalue weighted by molar-refractivity contribution is 0.0764. The first kappa shape index (κ1) is 16.3. The van der Waals surface area contributed by atoms with Crippen molar-refractivity contribution in [1.82, 2.24) is 14.7 Å². The van der Waals surface area contributed by atoms with Gasteiger partial charge in [-0.15, -0.1) is 0 Å². The minimum Gasteiger partial charge on any atom is -0.463 e. The topological polar surface area (TPSA) is 51.3 Å². The highest BCUT2D eigenvalue weighted by Gasteiger charge is 2.22. The van der Waals surface area contributed by atoms with E-state index in [2.05, 4.69) is 5.10 Å². The van der Waals surface area contributed by atoms with Gasteiger partial charge >= 0.3 is 0 Å². The molecule has 0 spiro atoms. The van der Waals surface area contributed by atoms with Crippen LogP contribution in [0.4, 0.5) is 0 Å². The summed E-state index contributed by atoms with van der Waals surface area (Å²) < 4.78 is 7.00. The molecule has 5 nitrogen and oxygen atoms in total. The summed E-state index contributed by atoms with van der Waals surface area (Å²) in [6.45, 7) is 5.15. The van der Waals surface area contributed by atoms with E-state index in [1.54, 1.807) is 34.0 Å². The van der Waals surface area contributed by atoms with E-state index in [1.165, 1.54) is 0 Å². The third kappa shape index (κ3) is 2.95. The Morgan fingerprint density at radius 2 is 1.96 bits per heavy atom. The highest BCUT2D eigenvalue weighted by atomic mass is 35.5. The SMILES string of the molecule is CCN(CC)C(=O)c1cc(-c2ccco2)nn1-c1ccccc1Cl. The third-order valence-corrected chi connectivity index (χ3v) is 4.15. The maximum atomic E-state index is 12.9. The maximum Gasteiger partial charge on any atom is 0.272 e. The number of hydrogen-bond donors (Lipinski definition) is 0. The fraction of sp³-hybridized carbons (Fsp3) is 0.222. The summed E-state index contributed by atoms with van der Waals surface area (Å²) in [5.41, 5.74) is 1.71. The molecule has 3 rings (SSSR count). The predicted octanol–water partition coefficient (Wildman–Crippen LogP) is 4.27. The van der Waals surface area contributed by atoms with Crippen LogP contribution in [0.5, 0.6) is 0 Å². The van der Waals surface area contributed by atoms with Crippen molar-refractivity contribution in [3.63, 3.8) is 0 Å². The van der Waals surface area contributed by atoms with Gasteiger partial charge in [0.15, 0.2) is 5.76 Å². The van der Waals surface area contributed by atoms with E-state index in [4.69, 9.17) is 16.0 Å². The van der Waals surface area contributed by atoms with Crippen LogP contribution in [0, 0.1) is 0 Å². The number of carbonyl (C=O) groups is 1. The molecule has 0 bridgehead atoms. The largest absolute Gasteiger partial charge is 0.463 e. The van der Waals surface area contributed by atoms with E-state index >= 15 is 0 Å². The van der Waals surface area contributed by atoms with Gasteiger partial charge in [-0.3, -0.25) is 4.79 Å². The molecular formula is C18H18ClN3O2. The van der Waals surface area contributed by atoms with E-state index in [0.29, 0.717) is 40.9 Å². The second-order valence-corrected chi connectivity index (χ2v) is 5.64. The molecule has 0 atom stereocenters. The molecule has 0 aliphatic heterocycles. The highest BCUT2D eigenvalue weighted by molar-refractivity contribution is 6.32. The Balaban J connectivity index is 2.16. The molecule has 0 radical (unpaired) electrons. The van der Waals surface area contributed by atoms with Gasteiger partial charge in [0.1, 0.15) is 11.4 Å². The predicted molar refractivity (Wildman–Crippen MR) is 93.5 cm³/mol. The highest BCUT2D eigenvalue weighted by Crippen LogP contribution is 2.26. The minimum absolute atomic E-state index is 0.0924. The summed E-state index contributed by atoms with van der Waals surface area (Å²) in [5.74, 6) is 0.514. The summed E-state index contributed by atoms with van der Waals surface area (Å²) in [4.78, 5) is 14.6. The summed E-state index contributed by atoms with van der Waals surface area (Å²) in [6, 6.07) is 12.6. The monoisotopic (exact) mass is 343 g/mol. The molecule has 1 aromatic carbocycles. The van der Waals surface area contributed by atoms with Crippen LogP contribution in [0.3, 0.4) is 0 Å². The van der Waals surface area contributed by atoms with Crippen LogP contribution in [0.25, 0.3) is 17.1 Å². The molecule has 124 valence electrons. The van der Waals surface area contributed by atoms with Crippen LogP contribution in [0.1, 0.15) is 24.3 Å². The van der Waals surface area contributed by atoms with Gasteiger partial charge in [-0.1, -0.05) is 23.7 Å². The van der Waals surface area contributed by atoms with Crippen molar-refractivity contribution in [2.75, 3.05) is 13.1 Å². The lowest BCUT2D eigenvalue weighted by Gasteiger charge is -2.19. The van der Waals surface area contributed by atoms with Crippen LogP contribution >= 0.6 is 11.6 Å². The van der Waals surface area contributed by atoms with Crippen molar-refractivity contribution in [3.05, 3.63) is 59.4 Å². The van der Waals surface area contributed by atoms with E-state index < -0.39 is 0 Å². The van der Waals surface area contributed by atoms with Gasteiger partial charge in [0.2, 0.25) is 0 Å². The first-order chi connectivity index (χ1) is 11.7. The molecular weight excluding hydrogens is 326 g/mol. The molecule has 24 heavy (non-hydrogen) atoms. The zero-order chi connectivity index (χ0) is 17.1. The lowest BCUT2D eigenvalue weighted by Crippen LogP contribution is -2.32. The Bertz CT molecular complexity index is 836. The van der Waals surface area contributed by atoms with Crippen LogP contribution < -0.4 is 0 Å². The van der Waals surface area contributed by atoms with Crippen LogP contribution in [-0.2, 0) is 0 Å². The van der Waals surface area contributed by atoms with E-state index in [-0.39, 0.29) is 5.91 Å². The number of hydrogen-bond acceptors (Lipinski definition) is 3. The number of para-hydroxylation sites is 1. The molecule has 3 aromatic rings. The van der Waals surface area contributed by atoms with E-state index in [1.807, 2.05) is 38.1 Å². The number of carbonyl (C=O) groups excluding carboxylic acids is 1. The summed E-state index contributed by atoms with van der Waals surface area (Å²) in [5, 5.41) is 5.07. The summed E-state index contributed by atoms with van der Waals surface area (Å²) >= 11 is 6.31. The van der Waals surface area contributed by atoms with Crippen molar-refractivity contribution in [2.45, 2.75) is 13.8 Å². The van der Waals surface area contributed by atoms with Gasteiger partial charge in [-0.05, 0) is 38.1 Å². The molecule has 0 fully saturated rings. The van der Waals surface area contributed by atoms with Gasteiger partial charge in [-0.25, -0.2) is 4.68 Å². The minimum atomic E-state index is -0.0924. The summed E-state index contributed by atoms with van der Waals surface area (Å²) in [6.07, 6.45) is 1.58. The Labute approximate surface area is 145 Å². The van der Waals surface area contributed by atoms with Crippen molar-refractivity contribution in [2.24, 2.45) is 0 Å². The standard InChI is InChI=1S/C18H18ClN3O2/c1-3-21(4-2)18(23)16-12-14(17-10-7-11-24-17)20-22(16)15-9-6-5-8-13(15)19/h5-12H,3-4H2,1-2H3. The number of aromatic nitrogens is 2. The van der Waals surface area contributed by atoms with Gasteiger partial charge in [0.05, 0.1) is 17.0 Å². The van der Waals surface area contributed by atoms with Crippen LogP contribution in [-0.4, -0.2) is 33.7 Å². The number of halogens is 1. The Kier molecular flexibility index (Phi) is 4.71. The lowest BCUT2D eigenvalue weighted by atomic mass is 10.2. The molecule has 0 unspecified atom stereocenters. The molecule has 0 N–H and O–H groups in total. The quantitative estimate of drug-likeness (QED) is 0.695. The Morgan fingerprint density at radius 3 is 2.58 bits per heavy atom. The Morgan fingerprint density at radius 1 is 1.21 bits per heavy atom. The first-order valence-electron chi connectivity index (χ1n) is 7.83. The van der Waals surface area contributed by atoms with E-state index in [0.717, 1.165) is 0 Å². The zero-order valence-electron chi connectivity index (χ0n) is 13.6. The van der Waals surface area contributed by atoms with Crippen molar-refractivity contribution < 1.29 is 9.21 Å². The second-order valence-electron chi connectivity index (χ2n) is 5.23. The number of benzene rings is 1. The Hall–Kier alpha value is -2.53. The molecule has 0 saturated heterocycles. The number of nitrogens with zero attached hydrogens (tertiary/aromatic N) is 3. The van der Waals surface area contributed by atoms with Gasteiger partial charge in [0.25, 0.3) is 5.91 Å². The number of amides is 1. The van der Waals surface area contributed by atoms with Crippen LogP contribution in [0.2, 0.25) is 5.02 Å². The normalized spacial score (nSPS) is 10.8. The zero-order valence-corrected chi connectivity index (χ0v) is 14.3. The van der Waals surface area contributed by atoms with Crippen LogP contribution in [0.15, 0.2) is 53.1 Å². The smallest absolute Gasteiger partial charge is 0.272 e. The molecule has 0 aliphatic carbocycles. The summed E-state index contributed by atoms with van der Waals surface area (Å²) in [7, 11) is 0. The molecule has 0 saturated carbocycles. The average Bonchev–Trinajstić information content (AvgIpc) is 3.26. The van der Waals surface area contributed by atoms with E-state index in [9.17, 15) is 4.79 Å². The molecule has 6 heteroatoms. The average molecular weight is 344 g/mol. The fourth-order valence-corrected chi connectivity index (χ4v) is 2.77. The first-order valence-corrected chi connectivity index (χ1v) is 8.21. The molecule has 0 aliphatic rings. The fourth-order valence-electron chi connectivity index (χ4n) is 2.56. The molecule has 1 amide bonds.